The average molecular weight is 710 g/mol. The monoisotopic (exact) mass is 709 g/mol. The van der Waals surface area contributed by atoms with Gasteiger partial charge < -0.3 is 24.2 Å². The van der Waals surface area contributed by atoms with E-state index in [1.54, 1.807) is 32.0 Å². The molecule has 18 heteroatoms. The first-order valence-corrected chi connectivity index (χ1v) is 13.9. The lowest BCUT2D eigenvalue weighted by Gasteiger charge is -2.45. The molecule has 0 aromatic heterocycles. The number of alkyl halides is 11. The van der Waals surface area contributed by atoms with E-state index in [4.69, 9.17) is 18.9 Å². The number of benzene rings is 2. The number of rotatable bonds is 13. The Hall–Kier alpha value is -3.32. The Morgan fingerprint density at radius 2 is 1.35 bits per heavy atom. The lowest BCUT2D eigenvalue weighted by molar-refractivity contribution is -0.498. The lowest BCUT2D eigenvalue weighted by atomic mass is 9.88. The van der Waals surface area contributed by atoms with Gasteiger partial charge >= 0.3 is 30.2 Å². The standard InChI is InChI=1S/C30H30F11NO6/c1-5-46-25-22(44-3)16(2)47-23(24(25)45-4)21-14-18(8-11-19(21)15-42-43)7-6-17-9-12-20(13-10-17)26(31,32)29(38,39)48-30(40,41)27(33,34)28(35,36)37/h6-16,22-25,43H,5H2,1-4H3/b7-6+,42-15?/t16-,22-,23-,24+,25+/m0/s1. The molecular weight excluding hydrogens is 679 g/mol. The third-order valence-electron chi connectivity index (χ3n) is 7.37. The second-order valence-electron chi connectivity index (χ2n) is 10.5. The predicted octanol–water partition coefficient (Wildman–Crippen LogP) is 8.05. The smallest absolute Gasteiger partial charge is 0.411 e. The molecule has 1 aliphatic heterocycles. The van der Waals surface area contributed by atoms with E-state index in [0.717, 1.165) is 18.3 Å². The van der Waals surface area contributed by atoms with E-state index >= 15 is 0 Å². The molecule has 0 spiro atoms. The van der Waals surface area contributed by atoms with Crippen LogP contribution in [-0.2, 0) is 29.6 Å². The molecule has 1 fully saturated rings. The summed E-state index contributed by atoms with van der Waals surface area (Å²) in [7, 11) is 2.93. The van der Waals surface area contributed by atoms with Gasteiger partial charge in [0.2, 0.25) is 0 Å². The largest absolute Gasteiger partial charge is 0.462 e. The zero-order chi connectivity index (χ0) is 36.3. The molecule has 0 bridgehead atoms. The van der Waals surface area contributed by atoms with Crippen molar-refractivity contribution in [1.29, 1.82) is 0 Å². The van der Waals surface area contributed by atoms with Crippen molar-refractivity contribution in [3.8, 4) is 0 Å². The van der Waals surface area contributed by atoms with Crippen LogP contribution in [0.1, 0.15) is 47.8 Å². The molecule has 1 N–H and O–H groups in total. The fraction of sp³-hybridized carbons (Fsp3) is 0.500. The Morgan fingerprint density at radius 1 is 0.792 bits per heavy atom. The van der Waals surface area contributed by atoms with Crippen LogP contribution in [-0.4, -0.2) is 81.0 Å². The van der Waals surface area contributed by atoms with Crippen LogP contribution in [0.3, 0.4) is 0 Å². The van der Waals surface area contributed by atoms with E-state index in [0.29, 0.717) is 35.4 Å². The van der Waals surface area contributed by atoms with Crippen LogP contribution in [0.25, 0.3) is 12.2 Å². The van der Waals surface area contributed by atoms with Crippen LogP contribution < -0.4 is 0 Å². The zero-order valence-corrected chi connectivity index (χ0v) is 25.5. The summed E-state index contributed by atoms with van der Waals surface area (Å²) in [4.78, 5) is 0. The summed E-state index contributed by atoms with van der Waals surface area (Å²) in [6.45, 7) is 3.88. The van der Waals surface area contributed by atoms with Gasteiger partial charge in [0.25, 0.3) is 0 Å². The molecule has 0 aliphatic carbocycles. The minimum absolute atomic E-state index is 0.0897. The molecule has 2 aromatic rings. The SMILES string of the molecule is CCO[C@@H]1[C@@H](OC)[C@H](C)O[C@@H](c2cc(/C=C/c3ccc(C(F)(F)C(F)(F)OC(F)(F)C(F)(F)C(F)(F)F)cc3)ccc2C=NO)[C@H]1OC. The van der Waals surface area contributed by atoms with Gasteiger partial charge in [-0.1, -0.05) is 53.7 Å². The summed E-state index contributed by atoms with van der Waals surface area (Å²) in [6.07, 6.45) is -19.7. The predicted molar refractivity (Wildman–Crippen MR) is 147 cm³/mol. The van der Waals surface area contributed by atoms with Crippen molar-refractivity contribution in [1.82, 2.24) is 0 Å². The molecule has 0 radical (unpaired) electrons. The zero-order valence-electron chi connectivity index (χ0n) is 25.5. The second-order valence-corrected chi connectivity index (χ2v) is 10.5. The molecule has 1 heterocycles. The van der Waals surface area contributed by atoms with Crippen LogP contribution in [0.15, 0.2) is 47.6 Å². The normalized spacial score (nSPS) is 23.4. The van der Waals surface area contributed by atoms with E-state index in [1.165, 1.54) is 26.4 Å². The molecule has 5 atom stereocenters. The van der Waals surface area contributed by atoms with Crippen molar-refractivity contribution in [3.05, 3.63) is 70.3 Å². The third-order valence-corrected chi connectivity index (χ3v) is 7.37. The quantitative estimate of drug-likeness (QED) is 0.0746. The number of halogens is 11. The maximum absolute atomic E-state index is 14.4. The summed E-state index contributed by atoms with van der Waals surface area (Å²) in [5.74, 6) is -13.0. The fourth-order valence-electron chi connectivity index (χ4n) is 4.97. The maximum Gasteiger partial charge on any atom is 0.462 e. The van der Waals surface area contributed by atoms with Gasteiger partial charge in [0.1, 0.15) is 24.4 Å². The summed E-state index contributed by atoms with van der Waals surface area (Å²) >= 11 is 0. The van der Waals surface area contributed by atoms with Gasteiger partial charge in [-0.15, -0.1) is 0 Å². The topological polar surface area (TPSA) is 78.7 Å². The highest BCUT2D eigenvalue weighted by atomic mass is 19.4. The van der Waals surface area contributed by atoms with Crippen LogP contribution in [0.2, 0.25) is 0 Å². The Kier molecular flexibility index (Phi) is 11.9. The highest BCUT2D eigenvalue weighted by Crippen LogP contribution is 2.53. The Morgan fingerprint density at radius 3 is 1.88 bits per heavy atom. The van der Waals surface area contributed by atoms with Gasteiger partial charge in [0.05, 0.1) is 12.3 Å². The van der Waals surface area contributed by atoms with E-state index in [2.05, 4.69) is 9.89 Å². The lowest BCUT2D eigenvalue weighted by Crippen LogP contribution is -2.58. The van der Waals surface area contributed by atoms with Crippen molar-refractivity contribution in [2.45, 2.75) is 74.6 Å². The first kappa shape index (κ1) is 39.1. The average Bonchev–Trinajstić information content (AvgIpc) is 2.99. The molecule has 1 aliphatic rings. The molecule has 0 amide bonds. The molecule has 3 rings (SSSR count). The number of hydrogen-bond acceptors (Lipinski definition) is 7. The van der Waals surface area contributed by atoms with Gasteiger partial charge in [-0.05, 0) is 36.6 Å². The number of nitrogens with zero attached hydrogens (tertiary/aromatic N) is 1. The molecule has 2 aromatic carbocycles. The second kappa shape index (κ2) is 14.7. The van der Waals surface area contributed by atoms with Crippen LogP contribution >= 0.6 is 0 Å². The van der Waals surface area contributed by atoms with Crippen molar-refractivity contribution < 1.29 is 77.2 Å². The van der Waals surface area contributed by atoms with Gasteiger partial charge in [-0.3, -0.25) is 0 Å². The van der Waals surface area contributed by atoms with Crippen molar-refractivity contribution >= 4 is 18.4 Å². The first-order chi connectivity index (χ1) is 22.2. The molecular formula is C30H30F11NO6. The minimum atomic E-state index is -7.21. The highest BCUT2D eigenvalue weighted by Gasteiger charge is 2.78. The Balaban J connectivity index is 1.90. The van der Waals surface area contributed by atoms with Gasteiger partial charge in [0, 0.05) is 32.0 Å². The number of methoxy groups -OCH3 is 2. The Bertz CT molecular complexity index is 1430. The van der Waals surface area contributed by atoms with E-state index in [1.807, 2.05) is 0 Å². The first-order valence-electron chi connectivity index (χ1n) is 13.9. The summed E-state index contributed by atoms with van der Waals surface area (Å²) in [6, 6.07) is 7.07. The van der Waals surface area contributed by atoms with Gasteiger partial charge in [-0.2, -0.15) is 48.3 Å². The van der Waals surface area contributed by atoms with E-state index in [-0.39, 0.29) is 5.56 Å². The summed E-state index contributed by atoms with van der Waals surface area (Å²) < 4.78 is 172. The highest BCUT2D eigenvalue weighted by molar-refractivity contribution is 5.83. The van der Waals surface area contributed by atoms with Crippen molar-refractivity contribution in [3.63, 3.8) is 0 Å². The van der Waals surface area contributed by atoms with Crippen LogP contribution in [0.4, 0.5) is 48.3 Å². The summed E-state index contributed by atoms with van der Waals surface area (Å²) in [5, 5.41) is 12.3. The fourth-order valence-corrected chi connectivity index (χ4v) is 4.97. The molecule has 48 heavy (non-hydrogen) atoms. The maximum atomic E-state index is 14.4. The van der Waals surface area contributed by atoms with Gasteiger partial charge in [0.15, 0.2) is 0 Å². The number of oxime groups is 1. The van der Waals surface area contributed by atoms with Gasteiger partial charge in [-0.25, -0.2) is 4.74 Å². The van der Waals surface area contributed by atoms with E-state index in [9.17, 15) is 53.5 Å². The molecule has 268 valence electrons. The molecule has 0 unspecified atom stereocenters. The van der Waals surface area contributed by atoms with Crippen molar-refractivity contribution in [2.24, 2.45) is 5.16 Å². The summed E-state index contributed by atoms with van der Waals surface area (Å²) in [5.41, 5.74) is -0.258. The Labute approximate surface area is 266 Å². The molecule has 0 saturated carbocycles. The van der Waals surface area contributed by atoms with Crippen LogP contribution in [0.5, 0.6) is 0 Å². The molecule has 7 nitrogen and oxygen atoms in total. The molecule has 1 saturated heterocycles. The minimum Gasteiger partial charge on any atom is -0.411 e. The van der Waals surface area contributed by atoms with E-state index < -0.39 is 66.3 Å². The van der Waals surface area contributed by atoms with Crippen LogP contribution in [0, 0.1) is 0 Å². The third kappa shape index (κ3) is 7.77. The van der Waals surface area contributed by atoms with Crippen molar-refractivity contribution in [2.75, 3.05) is 20.8 Å². The number of ether oxygens (including phenoxy) is 5. The number of hydrogen-bond donors (Lipinski definition) is 1.